The zero-order chi connectivity index (χ0) is 6.53. The molecule has 10 heavy (non-hydrogen) atoms. The van der Waals surface area contributed by atoms with Crippen LogP contribution in [0.1, 0.15) is 12.3 Å². The molecule has 1 N–H and O–H groups in total. The molecule has 1 heterocycles. The number of likely N-dealkylation sites (N-methyl/N-ethyl adjacent to an activating group) is 1. The molecule has 0 aliphatic carbocycles. The number of rotatable bonds is 3. The Bertz CT molecular complexity index is 146. The van der Waals surface area contributed by atoms with Crippen molar-refractivity contribution in [3.8, 4) is 0 Å². The number of nitrogens with one attached hydrogen (secondary N) is 1. The van der Waals surface area contributed by atoms with E-state index in [9.17, 15) is 0 Å². The summed E-state index contributed by atoms with van der Waals surface area (Å²) in [6, 6.07) is 4.26. The van der Waals surface area contributed by atoms with Gasteiger partial charge in [-0.25, -0.2) is 0 Å². The molecule has 0 amide bonds. The molecule has 1 nitrogen and oxygen atoms in total. The Kier molecular flexibility index (Phi) is 5.26. The maximum atomic E-state index is 3.11. The van der Waals surface area contributed by atoms with Crippen molar-refractivity contribution in [2.75, 3.05) is 13.6 Å². The molecule has 1 aromatic heterocycles. The quantitative estimate of drug-likeness (QED) is 0.709. The highest BCUT2D eigenvalue weighted by molar-refractivity contribution is 7.09. The van der Waals surface area contributed by atoms with Gasteiger partial charge in [0.1, 0.15) is 0 Å². The van der Waals surface area contributed by atoms with E-state index in [-0.39, 0.29) is 7.43 Å². The monoisotopic (exact) mass is 157 g/mol. The molecule has 58 valence electrons. The van der Waals surface area contributed by atoms with Gasteiger partial charge < -0.3 is 5.32 Å². The zero-order valence-electron chi connectivity index (χ0n) is 5.55. The molecule has 1 aromatic rings. The Labute approximate surface area is 67.1 Å². The van der Waals surface area contributed by atoms with Crippen molar-refractivity contribution in [2.24, 2.45) is 0 Å². The van der Waals surface area contributed by atoms with E-state index in [4.69, 9.17) is 0 Å². The van der Waals surface area contributed by atoms with Crippen molar-refractivity contribution in [1.82, 2.24) is 5.32 Å². The van der Waals surface area contributed by atoms with Gasteiger partial charge in [0.15, 0.2) is 0 Å². The zero-order valence-corrected chi connectivity index (χ0v) is 6.37. The lowest BCUT2D eigenvalue weighted by Gasteiger charge is -1.92. The van der Waals surface area contributed by atoms with Crippen LogP contribution in [0.2, 0.25) is 0 Å². The molecule has 0 bridgehead atoms. The molecule has 0 fully saturated rings. The van der Waals surface area contributed by atoms with Gasteiger partial charge in [-0.15, -0.1) is 11.3 Å². The fraction of sp³-hybridized carbons (Fsp3) is 0.500. The minimum Gasteiger partial charge on any atom is -0.319 e. The average Bonchev–Trinajstić information content (AvgIpc) is 2.34. The van der Waals surface area contributed by atoms with Gasteiger partial charge in [0.05, 0.1) is 0 Å². The van der Waals surface area contributed by atoms with Crippen molar-refractivity contribution >= 4 is 11.3 Å². The second kappa shape index (κ2) is 5.45. The van der Waals surface area contributed by atoms with Crippen molar-refractivity contribution < 1.29 is 0 Å². The summed E-state index contributed by atoms with van der Waals surface area (Å²) in [6.45, 7) is 1.08. The van der Waals surface area contributed by atoms with Crippen LogP contribution < -0.4 is 5.32 Å². The fourth-order valence-electron chi connectivity index (χ4n) is 0.703. The van der Waals surface area contributed by atoms with Gasteiger partial charge in [-0.2, -0.15) is 0 Å². The number of hydrogen-bond acceptors (Lipinski definition) is 2. The smallest absolute Gasteiger partial charge is 0.00578 e. The topological polar surface area (TPSA) is 12.0 Å². The predicted octanol–water partition coefficient (Wildman–Crippen LogP) is 2.15. The SMILES string of the molecule is C.CNCCc1cccs1. The number of thiophene rings is 1. The summed E-state index contributed by atoms with van der Waals surface area (Å²) in [7, 11) is 1.98. The van der Waals surface area contributed by atoms with Crippen LogP contribution >= 0.6 is 11.3 Å². The van der Waals surface area contributed by atoms with Gasteiger partial charge >= 0.3 is 0 Å². The van der Waals surface area contributed by atoms with Crippen LogP contribution in [0.3, 0.4) is 0 Å². The summed E-state index contributed by atoms with van der Waals surface area (Å²) in [4.78, 5) is 1.46. The Morgan fingerprint density at radius 3 is 2.90 bits per heavy atom. The molecule has 2 heteroatoms. The summed E-state index contributed by atoms with van der Waals surface area (Å²) >= 11 is 1.82. The molecular weight excluding hydrogens is 142 g/mol. The third kappa shape index (κ3) is 2.99. The molecule has 0 aliphatic rings. The first-order valence-corrected chi connectivity index (χ1v) is 3.98. The molecule has 0 unspecified atom stereocenters. The minimum absolute atomic E-state index is 0. The molecule has 0 aromatic carbocycles. The van der Waals surface area contributed by atoms with E-state index in [2.05, 4.69) is 22.8 Å². The third-order valence-corrected chi connectivity index (χ3v) is 2.14. The van der Waals surface area contributed by atoms with Gasteiger partial charge in [-0.1, -0.05) is 13.5 Å². The molecule has 0 aliphatic heterocycles. The first-order valence-electron chi connectivity index (χ1n) is 3.10. The first-order chi connectivity index (χ1) is 4.43. The summed E-state index contributed by atoms with van der Waals surface area (Å²) in [5, 5.41) is 5.23. The van der Waals surface area contributed by atoms with Crippen LogP contribution in [-0.4, -0.2) is 13.6 Å². The maximum absolute atomic E-state index is 3.11. The van der Waals surface area contributed by atoms with Gasteiger partial charge in [0.2, 0.25) is 0 Å². The first kappa shape index (κ1) is 9.66. The Hall–Kier alpha value is -0.340. The number of hydrogen-bond donors (Lipinski definition) is 1. The van der Waals surface area contributed by atoms with Crippen LogP contribution in [0.4, 0.5) is 0 Å². The molecule has 0 atom stereocenters. The molecule has 0 radical (unpaired) electrons. The van der Waals surface area contributed by atoms with Crippen LogP contribution in [0.15, 0.2) is 17.5 Å². The standard InChI is InChI=1S/C7H11NS.CH4/c1-8-5-4-7-3-2-6-9-7;/h2-3,6,8H,4-5H2,1H3;1H4. The van der Waals surface area contributed by atoms with E-state index in [1.807, 2.05) is 18.4 Å². The van der Waals surface area contributed by atoms with Crippen LogP contribution in [0, 0.1) is 0 Å². The highest BCUT2D eigenvalue weighted by Gasteiger charge is 1.89. The Balaban J connectivity index is 0.000000810. The second-order valence-corrected chi connectivity index (χ2v) is 2.97. The molecule has 0 saturated heterocycles. The second-order valence-electron chi connectivity index (χ2n) is 1.93. The summed E-state index contributed by atoms with van der Waals surface area (Å²) in [5.74, 6) is 0. The molecular formula is C8H15NS. The maximum Gasteiger partial charge on any atom is 0.00578 e. The molecule has 0 saturated carbocycles. The van der Waals surface area contributed by atoms with E-state index >= 15 is 0 Å². The largest absolute Gasteiger partial charge is 0.319 e. The van der Waals surface area contributed by atoms with Gasteiger partial charge in [-0.3, -0.25) is 0 Å². The van der Waals surface area contributed by atoms with Gasteiger partial charge in [0.25, 0.3) is 0 Å². The lowest BCUT2D eigenvalue weighted by Crippen LogP contribution is -2.09. The molecule has 0 spiro atoms. The van der Waals surface area contributed by atoms with E-state index in [1.54, 1.807) is 0 Å². The van der Waals surface area contributed by atoms with Gasteiger partial charge in [0, 0.05) is 4.88 Å². The van der Waals surface area contributed by atoms with E-state index in [1.165, 1.54) is 4.88 Å². The van der Waals surface area contributed by atoms with Crippen molar-refractivity contribution in [3.05, 3.63) is 22.4 Å². The Morgan fingerprint density at radius 1 is 1.60 bits per heavy atom. The van der Waals surface area contributed by atoms with E-state index in [0.717, 1.165) is 13.0 Å². The highest BCUT2D eigenvalue weighted by Crippen LogP contribution is 2.07. The summed E-state index contributed by atoms with van der Waals surface area (Å²) in [6.07, 6.45) is 1.16. The van der Waals surface area contributed by atoms with Crippen molar-refractivity contribution in [1.29, 1.82) is 0 Å². The van der Waals surface area contributed by atoms with E-state index in [0.29, 0.717) is 0 Å². The average molecular weight is 157 g/mol. The lowest BCUT2D eigenvalue weighted by molar-refractivity contribution is 0.799. The van der Waals surface area contributed by atoms with Crippen LogP contribution in [0.25, 0.3) is 0 Å². The predicted molar refractivity (Wildman–Crippen MR) is 48.7 cm³/mol. The van der Waals surface area contributed by atoms with Crippen molar-refractivity contribution in [3.63, 3.8) is 0 Å². The summed E-state index contributed by atoms with van der Waals surface area (Å²) < 4.78 is 0. The lowest BCUT2D eigenvalue weighted by atomic mass is 10.3. The minimum atomic E-state index is 0. The normalized spacial score (nSPS) is 8.90. The summed E-state index contributed by atoms with van der Waals surface area (Å²) in [5.41, 5.74) is 0. The van der Waals surface area contributed by atoms with E-state index < -0.39 is 0 Å². The Morgan fingerprint density at radius 2 is 2.40 bits per heavy atom. The fourth-order valence-corrected chi connectivity index (χ4v) is 1.41. The van der Waals surface area contributed by atoms with Gasteiger partial charge in [-0.05, 0) is 31.5 Å². The highest BCUT2D eigenvalue weighted by atomic mass is 32.1. The molecule has 1 rings (SSSR count). The van der Waals surface area contributed by atoms with Crippen LogP contribution in [-0.2, 0) is 6.42 Å². The van der Waals surface area contributed by atoms with Crippen LogP contribution in [0.5, 0.6) is 0 Å². The third-order valence-electron chi connectivity index (χ3n) is 1.20. The van der Waals surface area contributed by atoms with Crippen molar-refractivity contribution in [2.45, 2.75) is 13.8 Å².